The first-order chi connectivity index (χ1) is 9.66. The number of rotatable bonds is 3. The van der Waals surface area contributed by atoms with Crippen LogP contribution in [0.2, 0.25) is 0 Å². The van der Waals surface area contributed by atoms with Crippen LogP contribution >= 0.6 is 11.3 Å². The summed E-state index contributed by atoms with van der Waals surface area (Å²) in [5.41, 5.74) is 6.88. The molecule has 0 amide bonds. The maximum atomic E-state index is 12.6. The number of carbonyl (C=O) groups is 1. The Labute approximate surface area is 120 Å². The van der Waals surface area contributed by atoms with E-state index >= 15 is 0 Å². The molecule has 5 heteroatoms. The van der Waals surface area contributed by atoms with Crippen molar-refractivity contribution in [3.8, 4) is 0 Å². The molecule has 20 heavy (non-hydrogen) atoms. The second kappa shape index (κ2) is 5.11. The number of pyridine rings is 1. The number of ketones is 1. The second-order valence-corrected chi connectivity index (χ2v) is 5.48. The Bertz CT molecular complexity index is 774. The summed E-state index contributed by atoms with van der Waals surface area (Å²) < 4.78 is 0. The van der Waals surface area contributed by atoms with Crippen molar-refractivity contribution < 1.29 is 4.79 Å². The van der Waals surface area contributed by atoms with Crippen LogP contribution in [0.4, 0.5) is 0 Å². The maximum Gasteiger partial charge on any atom is 0.212 e. The average molecular weight is 283 g/mol. The fourth-order valence-corrected chi connectivity index (χ4v) is 2.82. The highest BCUT2D eigenvalue weighted by Gasteiger charge is 2.16. The van der Waals surface area contributed by atoms with Gasteiger partial charge in [0.15, 0.2) is 0 Å². The normalized spacial score (nSPS) is 12.5. The van der Waals surface area contributed by atoms with Gasteiger partial charge in [0.2, 0.25) is 5.78 Å². The van der Waals surface area contributed by atoms with E-state index in [9.17, 15) is 4.79 Å². The molecule has 1 aromatic carbocycles. The van der Waals surface area contributed by atoms with Crippen LogP contribution in [0.15, 0.2) is 42.0 Å². The lowest BCUT2D eigenvalue weighted by atomic mass is 10.0. The molecule has 0 fully saturated rings. The molecule has 0 bridgehead atoms. The molecule has 100 valence electrons. The third kappa shape index (κ3) is 2.21. The van der Waals surface area contributed by atoms with Crippen molar-refractivity contribution in [3.05, 3.63) is 58.3 Å². The molecular formula is C15H13N3OS. The lowest BCUT2D eigenvalue weighted by Crippen LogP contribution is -2.07. The van der Waals surface area contributed by atoms with E-state index in [4.69, 9.17) is 5.73 Å². The molecule has 3 rings (SSSR count). The van der Waals surface area contributed by atoms with Crippen LogP contribution in [0.3, 0.4) is 0 Å². The van der Waals surface area contributed by atoms with Crippen LogP contribution in [0.5, 0.6) is 0 Å². The molecule has 1 unspecified atom stereocenters. The monoisotopic (exact) mass is 283 g/mol. The third-order valence-electron chi connectivity index (χ3n) is 3.07. The number of hydrogen-bond donors (Lipinski definition) is 1. The van der Waals surface area contributed by atoms with E-state index in [1.54, 1.807) is 17.8 Å². The zero-order chi connectivity index (χ0) is 14.1. The number of nitrogens with two attached hydrogens (primary N) is 1. The molecular weight excluding hydrogens is 270 g/mol. The van der Waals surface area contributed by atoms with Gasteiger partial charge in [0, 0.05) is 28.7 Å². The number of thiazole rings is 1. The van der Waals surface area contributed by atoms with Crippen molar-refractivity contribution in [2.24, 2.45) is 5.73 Å². The third-order valence-corrected chi connectivity index (χ3v) is 4.12. The predicted octanol–water partition coefficient (Wildman–Crippen LogP) is 2.94. The average Bonchev–Trinajstić information content (AvgIpc) is 2.96. The van der Waals surface area contributed by atoms with Crippen molar-refractivity contribution in [1.29, 1.82) is 0 Å². The highest BCUT2D eigenvalue weighted by Crippen LogP contribution is 2.23. The Morgan fingerprint density at radius 2 is 2.20 bits per heavy atom. The number of aromatic nitrogens is 2. The standard InChI is InChI=1S/C15H13N3OS/c1-9(16)15-18-13(8-20-15)14(19)12-4-2-3-10-7-17-6-5-11(10)12/h2-9H,16H2,1H3. The van der Waals surface area contributed by atoms with Gasteiger partial charge in [-0.3, -0.25) is 9.78 Å². The molecule has 1 atom stereocenters. The minimum atomic E-state index is -0.154. The van der Waals surface area contributed by atoms with Crippen molar-refractivity contribution in [2.75, 3.05) is 0 Å². The SMILES string of the molecule is CC(N)c1nc(C(=O)c2cccc3cnccc23)cs1. The first-order valence-electron chi connectivity index (χ1n) is 6.25. The number of hydrogen-bond acceptors (Lipinski definition) is 5. The van der Waals surface area contributed by atoms with E-state index in [1.165, 1.54) is 11.3 Å². The lowest BCUT2D eigenvalue weighted by Gasteiger charge is -2.03. The summed E-state index contributed by atoms with van der Waals surface area (Å²) in [4.78, 5) is 21.0. The number of nitrogens with zero attached hydrogens (tertiary/aromatic N) is 2. The molecule has 0 aliphatic heterocycles. The van der Waals surface area contributed by atoms with Gasteiger partial charge in [-0.1, -0.05) is 18.2 Å². The van der Waals surface area contributed by atoms with Gasteiger partial charge < -0.3 is 5.73 Å². The van der Waals surface area contributed by atoms with Crippen LogP contribution < -0.4 is 5.73 Å². The Kier molecular flexibility index (Phi) is 3.30. The predicted molar refractivity (Wildman–Crippen MR) is 79.9 cm³/mol. The van der Waals surface area contributed by atoms with E-state index in [-0.39, 0.29) is 11.8 Å². The van der Waals surface area contributed by atoms with Gasteiger partial charge in [0.05, 0.1) is 6.04 Å². The van der Waals surface area contributed by atoms with Crippen LogP contribution in [0, 0.1) is 0 Å². The molecule has 0 saturated heterocycles. The number of benzene rings is 1. The van der Waals surface area contributed by atoms with E-state index in [2.05, 4.69) is 9.97 Å². The summed E-state index contributed by atoms with van der Waals surface area (Å²) >= 11 is 1.42. The van der Waals surface area contributed by atoms with Crippen LogP contribution in [0.25, 0.3) is 10.8 Å². The van der Waals surface area contributed by atoms with Crippen molar-refractivity contribution in [2.45, 2.75) is 13.0 Å². The van der Waals surface area contributed by atoms with E-state index < -0.39 is 0 Å². The highest BCUT2D eigenvalue weighted by molar-refractivity contribution is 7.09. The molecule has 0 aliphatic rings. The van der Waals surface area contributed by atoms with Gasteiger partial charge in [0.25, 0.3) is 0 Å². The van der Waals surface area contributed by atoms with Gasteiger partial charge in [-0.15, -0.1) is 11.3 Å². The van der Waals surface area contributed by atoms with Gasteiger partial charge in [-0.05, 0) is 18.4 Å². The lowest BCUT2D eigenvalue weighted by molar-refractivity contribution is 0.103. The summed E-state index contributed by atoms with van der Waals surface area (Å²) in [6.07, 6.45) is 3.44. The Hall–Kier alpha value is -2.11. The van der Waals surface area contributed by atoms with Crippen LogP contribution in [0.1, 0.15) is 34.0 Å². The van der Waals surface area contributed by atoms with Crippen molar-refractivity contribution in [1.82, 2.24) is 9.97 Å². The Morgan fingerprint density at radius 3 is 2.95 bits per heavy atom. The summed E-state index contributed by atoms with van der Waals surface area (Å²) in [5.74, 6) is -0.0787. The van der Waals surface area contributed by atoms with Crippen LogP contribution in [-0.4, -0.2) is 15.8 Å². The molecule has 0 spiro atoms. The molecule has 2 N–H and O–H groups in total. The summed E-state index contributed by atoms with van der Waals surface area (Å²) in [5, 5.41) is 4.38. The van der Waals surface area contributed by atoms with E-state index in [0.717, 1.165) is 15.8 Å². The molecule has 0 radical (unpaired) electrons. The molecule has 2 heterocycles. The van der Waals surface area contributed by atoms with Crippen molar-refractivity contribution in [3.63, 3.8) is 0 Å². The minimum Gasteiger partial charge on any atom is -0.322 e. The Morgan fingerprint density at radius 1 is 1.35 bits per heavy atom. The van der Waals surface area contributed by atoms with Crippen LogP contribution in [-0.2, 0) is 0 Å². The molecule has 4 nitrogen and oxygen atoms in total. The van der Waals surface area contributed by atoms with Crippen molar-refractivity contribution >= 4 is 27.9 Å². The maximum absolute atomic E-state index is 12.6. The summed E-state index contributed by atoms with van der Waals surface area (Å²) in [6.45, 7) is 1.86. The fourth-order valence-electron chi connectivity index (χ4n) is 2.06. The first kappa shape index (κ1) is 12.9. The molecule has 0 aliphatic carbocycles. The minimum absolute atomic E-state index is 0.0787. The second-order valence-electron chi connectivity index (χ2n) is 4.59. The number of fused-ring (bicyclic) bond motifs is 1. The van der Waals surface area contributed by atoms with Gasteiger partial charge in [-0.2, -0.15) is 0 Å². The first-order valence-corrected chi connectivity index (χ1v) is 7.13. The van der Waals surface area contributed by atoms with Gasteiger partial charge >= 0.3 is 0 Å². The molecule has 0 saturated carbocycles. The summed E-state index contributed by atoms with van der Waals surface area (Å²) in [6, 6.07) is 7.30. The summed E-state index contributed by atoms with van der Waals surface area (Å²) in [7, 11) is 0. The Balaban J connectivity index is 2.08. The largest absolute Gasteiger partial charge is 0.322 e. The molecule has 3 aromatic rings. The zero-order valence-electron chi connectivity index (χ0n) is 10.9. The van der Waals surface area contributed by atoms with Gasteiger partial charge in [0.1, 0.15) is 10.7 Å². The molecule has 2 aromatic heterocycles. The smallest absolute Gasteiger partial charge is 0.212 e. The van der Waals surface area contributed by atoms with E-state index in [1.807, 2.05) is 31.2 Å². The topological polar surface area (TPSA) is 68.9 Å². The quantitative estimate of drug-likeness (QED) is 0.750. The zero-order valence-corrected chi connectivity index (χ0v) is 11.7. The highest BCUT2D eigenvalue weighted by atomic mass is 32.1. The number of carbonyl (C=O) groups excluding carboxylic acids is 1. The van der Waals surface area contributed by atoms with Gasteiger partial charge in [-0.25, -0.2) is 4.98 Å². The van der Waals surface area contributed by atoms with E-state index in [0.29, 0.717) is 11.3 Å². The fraction of sp³-hybridized carbons (Fsp3) is 0.133.